The Morgan fingerprint density at radius 2 is 2.10 bits per heavy atom. The molecule has 0 spiro atoms. The lowest BCUT2D eigenvalue weighted by Crippen LogP contribution is -2.19. The number of aliphatic hydroxyl groups excluding tert-OH is 1. The van der Waals surface area contributed by atoms with Gasteiger partial charge in [-0.2, -0.15) is 18.3 Å². The van der Waals surface area contributed by atoms with Crippen LogP contribution >= 0.6 is 11.6 Å². The van der Waals surface area contributed by atoms with E-state index in [1.165, 1.54) is 23.0 Å². The molecule has 4 nitrogen and oxygen atoms in total. The van der Waals surface area contributed by atoms with Crippen LogP contribution in [0.3, 0.4) is 0 Å². The molecule has 0 aliphatic carbocycles. The molecule has 8 heteroatoms. The van der Waals surface area contributed by atoms with Crippen molar-refractivity contribution in [2.75, 3.05) is 0 Å². The van der Waals surface area contributed by atoms with Gasteiger partial charge in [-0.25, -0.2) is 0 Å². The Bertz CT molecular complexity index is 618. The lowest BCUT2D eigenvalue weighted by atomic mass is 10.2. The average molecular weight is 308 g/mol. The van der Waals surface area contributed by atoms with Crippen molar-refractivity contribution in [2.45, 2.75) is 25.7 Å². The maximum atomic E-state index is 12.4. The molecule has 0 fully saturated rings. The topological polar surface area (TPSA) is 43.0 Å². The van der Waals surface area contributed by atoms with E-state index in [0.717, 1.165) is 0 Å². The number of aromatic nitrogens is 3. The van der Waals surface area contributed by atoms with Crippen molar-refractivity contribution in [1.82, 2.24) is 14.3 Å². The summed E-state index contributed by atoms with van der Waals surface area (Å²) < 4.78 is 40.3. The van der Waals surface area contributed by atoms with E-state index in [0.29, 0.717) is 16.4 Å². The highest BCUT2D eigenvalue weighted by atomic mass is 35.5. The van der Waals surface area contributed by atoms with Gasteiger partial charge in [0.2, 0.25) is 0 Å². The Morgan fingerprint density at radius 3 is 2.60 bits per heavy atom. The van der Waals surface area contributed by atoms with E-state index < -0.39 is 12.3 Å². The van der Waals surface area contributed by atoms with E-state index in [-0.39, 0.29) is 12.1 Å². The standard InChI is InChI=1S/C12H13ClF3N3O/c1-7-10(13)9(18(2)17-7)6-19-4-3-8(5-19)11(20)12(14,15)16/h3-5,11,20H,6H2,1-2H3. The second kappa shape index (κ2) is 5.14. The lowest BCUT2D eigenvalue weighted by Gasteiger charge is -2.12. The maximum absolute atomic E-state index is 12.4. The summed E-state index contributed by atoms with van der Waals surface area (Å²) in [7, 11) is 1.71. The van der Waals surface area contributed by atoms with E-state index in [1.54, 1.807) is 18.7 Å². The van der Waals surface area contributed by atoms with Crippen molar-refractivity contribution in [3.63, 3.8) is 0 Å². The van der Waals surface area contributed by atoms with Gasteiger partial charge in [0.25, 0.3) is 0 Å². The van der Waals surface area contributed by atoms with Crippen LogP contribution in [0.25, 0.3) is 0 Å². The number of hydrogen-bond acceptors (Lipinski definition) is 2. The fourth-order valence-electron chi connectivity index (χ4n) is 1.93. The zero-order valence-electron chi connectivity index (χ0n) is 10.8. The molecule has 1 atom stereocenters. The minimum absolute atomic E-state index is 0.201. The molecule has 0 aromatic carbocycles. The summed E-state index contributed by atoms with van der Waals surface area (Å²) in [5, 5.41) is 13.8. The van der Waals surface area contributed by atoms with Crippen LogP contribution in [0.2, 0.25) is 5.02 Å². The first-order chi connectivity index (χ1) is 9.20. The van der Waals surface area contributed by atoms with Gasteiger partial charge in [-0.05, 0) is 13.0 Å². The van der Waals surface area contributed by atoms with Crippen LogP contribution < -0.4 is 0 Å². The highest BCUT2D eigenvalue weighted by Gasteiger charge is 2.39. The molecular formula is C12H13ClF3N3O. The van der Waals surface area contributed by atoms with Crippen molar-refractivity contribution in [3.8, 4) is 0 Å². The van der Waals surface area contributed by atoms with Crippen LogP contribution in [-0.2, 0) is 13.6 Å². The van der Waals surface area contributed by atoms with Gasteiger partial charge in [0.15, 0.2) is 6.10 Å². The smallest absolute Gasteiger partial charge is 0.379 e. The van der Waals surface area contributed by atoms with E-state index in [9.17, 15) is 13.2 Å². The van der Waals surface area contributed by atoms with Crippen molar-refractivity contribution in [1.29, 1.82) is 0 Å². The van der Waals surface area contributed by atoms with Crippen LogP contribution in [0, 0.1) is 6.92 Å². The van der Waals surface area contributed by atoms with Gasteiger partial charge < -0.3 is 9.67 Å². The molecule has 0 saturated carbocycles. The zero-order chi connectivity index (χ0) is 15.1. The van der Waals surface area contributed by atoms with Crippen LogP contribution in [0.1, 0.15) is 23.1 Å². The summed E-state index contributed by atoms with van der Waals surface area (Å²) in [6.45, 7) is 2.03. The van der Waals surface area contributed by atoms with Crippen molar-refractivity contribution < 1.29 is 18.3 Å². The first kappa shape index (κ1) is 14.9. The quantitative estimate of drug-likeness (QED) is 0.947. The molecule has 0 bridgehead atoms. The summed E-state index contributed by atoms with van der Waals surface area (Å²) in [4.78, 5) is 0. The van der Waals surface area contributed by atoms with Crippen molar-refractivity contribution in [3.05, 3.63) is 40.4 Å². The van der Waals surface area contributed by atoms with Gasteiger partial charge in [0.05, 0.1) is 23.0 Å². The fourth-order valence-corrected chi connectivity index (χ4v) is 2.15. The highest BCUT2D eigenvalue weighted by molar-refractivity contribution is 6.31. The number of rotatable bonds is 3. The van der Waals surface area contributed by atoms with Crippen molar-refractivity contribution in [2.24, 2.45) is 7.05 Å². The summed E-state index contributed by atoms with van der Waals surface area (Å²) in [5.74, 6) is 0. The molecule has 110 valence electrons. The molecule has 0 aliphatic rings. The van der Waals surface area contributed by atoms with E-state index >= 15 is 0 Å². The number of aryl methyl sites for hydroxylation is 2. The van der Waals surface area contributed by atoms with E-state index in [4.69, 9.17) is 16.7 Å². The second-order valence-corrected chi connectivity index (χ2v) is 4.91. The third kappa shape index (κ3) is 2.83. The first-order valence-electron chi connectivity index (χ1n) is 5.78. The molecule has 20 heavy (non-hydrogen) atoms. The predicted octanol–water partition coefficient (Wildman–Crippen LogP) is 2.83. The van der Waals surface area contributed by atoms with Gasteiger partial charge in [-0.1, -0.05) is 11.6 Å². The molecule has 2 aromatic rings. The minimum Gasteiger partial charge on any atom is -0.379 e. The third-order valence-corrected chi connectivity index (χ3v) is 3.48. The van der Waals surface area contributed by atoms with E-state index in [2.05, 4.69) is 5.10 Å². The molecule has 2 aromatic heterocycles. The molecule has 0 aliphatic heterocycles. The Labute approximate surface area is 118 Å². The second-order valence-electron chi connectivity index (χ2n) is 4.53. The normalized spacial score (nSPS) is 13.8. The Kier molecular flexibility index (Phi) is 3.84. The summed E-state index contributed by atoms with van der Waals surface area (Å²) in [6.07, 6.45) is -4.44. The Hall–Kier alpha value is -1.47. The number of halogens is 4. The lowest BCUT2D eigenvalue weighted by molar-refractivity contribution is -0.206. The molecule has 0 saturated heterocycles. The largest absolute Gasteiger partial charge is 0.418 e. The van der Waals surface area contributed by atoms with Crippen LogP contribution in [0.15, 0.2) is 18.5 Å². The summed E-state index contributed by atoms with van der Waals surface area (Å²) >= 11 is 6.08. The number of aliphatic hydroxyl groups is 1. The molecule has 0 radical (unpaired) electrons. The average Bonchev–Trinajstić information content (AvgIpc) is 2.88. The first-order valence-corrected chi connectivity index (χ1v) is 6.16. The Morgan fingerprint density at radius 1 is 1.45 bits per heavy atom. The molecular weight excluding hydrogens is 295 g/mol. The predicted molar refractivity (Wildman–Crippen MR) is 67.5 cm³/mol. The Balaban J connectivity index is 2.22. The third-order valence-electron chi connectivity index (χ3n) is 2.99. The molecule has 2 heterocycles. The van der Waals surface area contributed by atoms with Crippen LogP contribution in [-0.4, -0.2) is 25.6 Å². The van der Waals surface area contributed by atoms with Gasteiger partial charge >= 0.3 is 6.18 Å². The molecule has 1 unspecified atom stereocenters. The van der Waals surface area contributed by atoms with Gasteiger partial charge in [-0.3, -0.25) is 4.68 Å². The molecule has 0 amide bonds. The number of hydrogen-bond donors (Lipinski definition) is 1. The monoisotopic (exact) mass is 307 g/mol. The minimum atomic E-state index is -4.67. The number of nitrogens with zero attached hydrogens (tertiary/aromatic N) is 3. The highest BCUT2D eigenvalue weighted by Crippen LogP contribution is 2.32. The maximum Gasteiger partial charge on any atom is 0.418 e. The van der Waals surface area contributed by atoms with E-state index in [1.807, 2.05) is 0 Å². The molecule has 2 rings (SSSR count). The van der Waals surface area contributed by atoms with Crippen molar-refractivity contribution >= 4 is 11.6 Å². The zero-order valence-corrected chi connectivity index (χ0v) is 11.6. The number of alkyl halides is 3. The molecule has 1 N–H and O–H groups in total. The fraction of sp³-hybridized carbons (Fsp3) is 0.417. The summed E-state index contributed by atoms with van der Waals surface area (Å²) in [5.41, 5.74) is 1.15. The van der Waals surface area contributed by atoms with Gasteiger partial charge in [0.1, 0.15) is 0 Å². The SMILES string of the molecule is Cc1nn(C)c(Cn2ccc(C(O)C(F)(F)F)c2)c1Cl. The summed E-state index contributed by atoms with van der Waals surface area (Å²) in [6, 6.07) is 1.23. The van der Waals surface area contributed by atoms with Crippen LogP contribution in [0.4, 0.5) is 13.2 Å². The van der Waals surface area contributed by atoms with Gasteiger partial charge in [-0.15, -0.1) is 0 Å². The van der Waals surface area contributed by atoms with Gasteiger partial charge in [0, 0.05) is 25.0 Å². The van der Waals surface area contributed by atoms with Crippen LogP contribution in [0.5, 0.6) is 0 Å².